The molecule has 0 spiro atoms. The van der Waals surface area contributed by atoms with Gasteiger partial charge in [-0.2, -0.15) is 0 Å². The standard InChI is InChI=1S/C21H16Br2O/c1-3-18(19(22)4-2)21(24)13-11-17-14-16(10-12-20(17)23)15-8-6-5-7-9-15/h3-14H,1-2H2/b13-11+,19-18-. The number of allylic oxidation sites excluding steroid dienone is 5. The van der Waals surface area contributed by atoms with Gasteiger partial charge in [-0.05, 0) is 41.0 Å². The smallest absolute Gasteiger partial charge is 0.186 e. The molecule has 0 bridgehead atoms. The lowest BCUT2D eigenvalue weighted by molar-refractivity contribution is -0.111. The molecule has 0 atom stereocenters. The third-order valence-corrected chi connectivity index (χ3v) is 4.90. The molecule has 0 amide bonds. The fraction of sp³-hybridized carbons (Fsp3) is 0. The highest BCUT2D eigenvalue weighted by Crippen LogP contribution is 2.26. The summed E-state index contributed by atoms with van der Waals surface area (Å²) in [5, 5.41) is 0. The van der Waals surface area contributed by atoms with Crippen LogP contribution < -0.4 is 0 Å². The average Bonchev–Trinajstić information content (AvgIpc) is 2.62. The second-order valence-electron chi connectivity index (χ2n) is 4.97. The van der Waals surface area contributed by atoms with Gasteiger partial charge in [-0.1, -0.05) is 93.6 Å². The molecule has 0 heterocycles. The summed E-state index contributed by atoms with van der Waals surface area (Å²) in [5.74, 6) is -0.131. The normalized spacial score (nSPS) is 11.9. The molecule has 0 fully saturated rings. The van der Waals surface area contributed by atoms with Crippen LogP contribution in [0.2, 0.25) is 0 Å². The van der Waals surface area contributed by atoms with Crippen molar-refractivity contribution in [2.24, 2.45) is 0 Å². The first-order chi connectivity index (χ1) is 11.6. The van der Waals surface area contributed by atoms with E-state index in [9.17, 15) is 4.79 Å². The molecule has 0 saturated heterocycles. The summed E-state index contributed by atoms with van der Waals surface area (Å²) in [5.41, 5.74) is 3.64. The highest BCUT2D eigenvalue weighted by Gasteiger charge is 2.07. The van der Waals surface area contributed by atoms with Crippen molar-refractivity contribution >= 4 is 43.7 Å². The molecule has 0 aromatic heterocycles. The Labute approximate surface area is 159 Å². The number of halogens is 2. The van der Waals surface area contributed by atoms with Crippen molar-refractivity contribution in [1.29, 1.82) is 0 Å². The van der Waals surface area contributed by atoms with Crippen molar-refractivity contribution in [3.05, 3.63) is 100 Å². The molecular weight excluding hydrogens is 428 g/mol. The van der Waals surface area contributed by atoms with Crippen molar-refractivity contribution in [2.45, 2.75) is 0 Å². The first-order valence-corrected chi connectivity index (χ1v) is 8.87. The fourth-order valence-electron chi connectivity index (χ4n) is 2.16. The molecule has 0 N–H and O–H groups in total. The van der Waals surface area contributed by atoms with Gasteiger partial charge in [0.15, 0.2) is 5.78 Å². The Kier molecular flexibility index (Phi) is 6.71. The van der Waals surface area contributed by atoms with Crippen LogP contribution in [0.5, 0.6) is 0 Å². The maximum Gasteiger partial charge on any atom is 0.186 e. The third kappa shape index (κ3) is 4.53. The van der Waals surface area contributed by atoms with Crippen molar-refractivity contribution in [3.63, 3.8) is 0 Å². The van der Waals surface area contributed by atoms with Gasteiger partial charge in [0.1, 0.15) is 0 Å². The lowest BCUT2D eigenvalue weighted by atomic mass is 10.0. The molecule has 120 valence electrons. The maximum absolute atomic E-state index is 12.3. The summed E-state index contributed by atoms with van der Waals surface area (Å²) in [7, 11) is 0. The summed E-state index contributed by atoms with van der Waals surface area (Å²) >= 11 is 6.84. The van der Waals surface area contributed by atoms with E-state index in [2.05, 4.69) is 57.2 Å². The minimum absolute atomic E-state index is 0.131. The molecule has 24 heavy (non-hydrogen) atoms. The van der Waals surface area contributed by atoms with Crippen LogP contribution in [-0.4, -0.2) is 5.78 Å². The Bertz CT molecular complexity index is 830. The maximum atomic E-state index is 12.3. The van der Waals surface area contributed by atoms with Gasteiger partial charge in [0.05, 0.1) is 0 Å². The van der Waals surface area contributed by atoms with Crippen LogP contribution in [0.4, 0.5) is 0 Å². The zero-order chi connectivity index (χ0) is 17.5. The Morgan fingerprint density at radius 1 is 0.958 bits per heavy atom. The van der Waals surface area contributed by atoms with Crippen LogP contribution in [0.25, 0.3) is 17.2 Å². The number of carbonyl (C=O) groups excluding carboxylic acids is 1. The van der Waals surface area contributed by atoms with E-state index in [1.165, 1.54) is 12.2 Å². The molecule has 0 aliphatic heterocycles. The van der Waals surface area contributed by atoms with Crippen LogP contribution in [0.15, 0.2) is 94.4 Å². The molecule has 1 nitrogen and oxygen atoms in total. The third-order valence-electron chi connectivity index (χ3n) is 3.42. The van der Waals surface area contributed by atoms with Gasteiger partial charge in [0.2, 0.25) is 0 Å². The molecule has 0 aliphatic rings. The van der Waals surface area contributed by atoms with Crippen LogP contribution in [-0.2, 0) is 4.79 Å². The molecular formula is C21H16Br2O. The molecule has 0 saturated carbocycles. The summed E-state index contributed by atoms with van der Waals surface area (Å²) in [6.07, 6.45) is 6.44. The Morgan fingerprint density at radius 3 is 2.29 bits per heavy atom. The van der Waals surface area contributed by atoms with Gasteiger partial charge >= 0.3 is 0 Å². The number of ketones is 1. The second kappa shape index (κ2) is 8.76. The highest BCUT2D eigenvalue weighted by molar-refractivity contribution is 9.12. The molecule has 0 unspecified atom stereocenters. The minimum Gasteiger partial charge on any atom is -0.289 e. The number of carbonyl (C=O) groups is 1. The van der Waals surface area contributed by atoms with Gasteiger partial charge in [-0.25, -0.2) is 0 Å². The predicted molar refractivity (Wildman–Crippen MR) is 110 cm³/mol. The summed E-state index contributed by atoms with van der Waals surface area (Å²) < 4.78 is 1.56. The molecule has 2 aromatic carbocycles. The summed E-state index contributed by atoms with van der Waals surface area (Å²) in [6, 6.07) is 16.2. The van der Waals surface area contributed by atoms with Crippen LogP contribution in [0.1, 0.15) is 5.56 Å². The lowest BCUT2D eigenvalue weighted by Gasteiger charge is -2.05. The van der Waals surface area contributed by atoms with Crippen LogP contribution in [0.3, 0.4) is 0 Å². The van der Waals surface area contributed by atoms with Gasteiger partial charge < -0.3 is 0 Å². The zero-order valence-corrected chi connectivity index (χ0v) is 16.2. The Hall–Kier alpha value is -1.97. The van der Waals surface area contributed by atoms with Crippen LogP contribution in [0, 0.1) is 0 Å². The van der Waals surface area contributed by atoms with E-state index in [4.69, 9.17) is 0 Å². The monoisotopic (exact) mass is 442 g/mol. The molecule has 2 aromatic rings. The van der Waals surface area contributed by atoms with Crippen molar-refractivity contribution in [2.75, 3.05) is 0 Å². The summed E-state index contributed by atoms with van der Waals surface area (Å²) in [4.78, 5) is 12.3. The van der Waals surface area contributed by atoms with E-state index >= 15 is 0 Å². The van der Waals surface area contributed by atoms with E-state index in [0.717, 1.165) is 21.2 Å². The SMILES string of the molecule is C=C/C(Br)=C(\C=C)C(=O)/C=C/c1cc(-c2ccccc2)ccc1Br. The topological polar surface area (TPSA) is 17.1 Å². The quantitative estimate of drug-likeness (QED) is 0.357. The largest absolute Gasteiger partial charge is 0.289 e. The van der Waals surface area contributed by atoms with E-state index < -0.39 is 0 Å². The highest BCUT2D eigenvalue weighted by atomic mass is 79.9. The number of rotatable bonds is 6. The first-order valence-electron chi connectivity index (χ1n) is 7.29. The lowest BCUT2D eigenvalue weighted by Crippen LogP contribution is -1.97. The van der Waals surface area contributed by atoms with Crippen molar-refractivity contribution in [3.8, 4) is 11.1 Å². The van der Waals surface area contributed by atoms with E-state index in [-0.39, 0.29) is 5.78 Å². The number of hydrogen-bond acceptors (Lipinski definition) is 1. The van der Waals surface area contributed by atoms with E-state index in [1.54, 1.807) is 12.2 Å². The van der Waals surface area contributed by atoms with Crippen LogP contribution >= 0.6 is 31.9 Å². The Morgan fingerprint density at radius 2 is 1.67 bits per heavy atom. The van der Waals surface area contributed by atoms with Gasteiger partial charge in [0.25, 0.3) is 0 Å². The van der Waals surface area contributed by atoms with Gasteiger partial charge in [-0.15, -0.1) is 0 Å². The minimum atomic E-state index is -0.131. The predicted octanol–water partition coefficient (Wildman–Crippen LogP) is 6.72. The second-order valence-corrected chi connectivity index (χ2v) is 6.68. The van der Waals surface area contributed by atoms with E-state index in [0.29, 0.717) is 10.1 Å². The fourth-order valence-corrected chi connectivity index (χ4v) is 2.90. The van der Waals surface area contributed by atoms with Gasteiger partial charge in [0, 0.05) is 14.5 Å². The molecule has 3 heteroatoms. The first kappa shape index (κ1) is 18.4. The molecule has 0 radical (unpaired) electrons. The van der Waals surface area contributed by atoms with Crippen molar-refractivity contribution < 1.29 is 4.79 Å². The zero-order valence-electron chi connectivity index (χ0n) is 13.0. The number of benzene rings is 2. The Balaban J connectivity index is 2.34. The number of hydrogen-bond donors (Lipinski definition) is 0. The molecule has 2 rings (SSSR count). The average molecular weight is 444 g/mol. The molecule has 0 aliphatic carbocycles. The van der Waals surface area contributed by atoms with Crippen molar-refractivity contribution in [1.82, 2.24) is 0 Å². The summed E-state index contributed by atoms with van der Waals surface area (Å²) in [6.45, 7) is 7.33. The van der Waals surface area contributed by atoms with E-state index in [1.807, 2.05) is 36.4 Å². The van der Waals surface area contributed by atoms with Gasteiger partial charge in [-0.3, -0.25) is 4.79 Å².